The molecule has 2 nitrogen and oxygen atoms in total. The van der Waals surface area contributed by atoms with E-state index in [2.05, 4.69) is 31.9 Å². The lowest BCUT2D eigenvalue weighted by molar-refractivity contribution is 0.316. The smallest absolute Gasteiger partial charge is 0.144 e. The molecule has 0 spiro atoms. The van der Waals surface area contributed by atoms with Crippen LogP contribution in [0.3, 0.4) is 0 Å². The van der Waals surface area contributed by atoms with Crippen LogP contribution in [0, 0.1) is 0 Å². The molecule has 0 saturated heterocycles. The minimum absolute atomic E-state index is 0.259. The van der Waals surface area contributed by atoms with Gasteiger partial charge in [-0.05, 0) is 57.2 Å². The van der Waals surface area contributed by atoms with E-state index in [-0.39, 0.29) is 5.75 Å². The van der Waals surface area contributed by atoms with E-state index in [1.54, 1.807) is 0 Å². The molecule has 0 amide bonds. The van der Waals surface area contributed by atoms with E-state index >= 15 is 0 Å². The number of phenolic OH excluding ortho intramolecular Hbond substituents is 1. The van der Waals surface area contributed by atoms with Crippen LogP contribution in [0.4, 0.5) is 0 Å². The maximum absolute atomic E-state index is 9.70. The topological polar surface area (TPSA) is 29.5 Å². The molecule has 0 fully saturated rings. The molecule has 0 saturated carbocycles. The van der Waals surface area contributed by atoms with Gasteiger partial charge in [0.2, 0.25) is 0 Å². The summed E-state index contributed by atoms with van der Waals surface area (Å²) in [7, 11) is 0. The van der Waals surface area contributed by atoms with Gasteiger partial charge in [0.15, 0.2) is 0 Å². The van der Waals surface area contributed by atoms with Gasteiger partial charge in [0.1, 0.15) is 11.5 Å². The lowest BCUT2D eigenvalue weighted by atomic mass is 10.1. The second kappa shape index (κ2) is 4.11. The van der Waals surface area contributed by atoms with Gasteiger partial charge in [0.05, 0.1) is 15.6 Å². The Morgan fingerprint density at radius 1 is 1.29 bits per heavy atom. The number of rotatable bonds is 0. The maximum atomic E-state index is 9.70. The average molecular weight is 322 g/mol. The zero-order valence-electron chi connectivity index (χ0n) is 7.52. The summed E-state index contributed by atoms with van der Waals surface area (Å²) in [6.45, 7) is 0.761. The first-order valence-electron chi connectivity index (χ1n) is 4.53. The van der Waals surface area contributed by atoms with Crippen molar-refractivity contribution >= 4 is 31.9 Å². The fourth-order valence-corrected chi connectivity index (χ4v) is 2.85. The van der Waals surface area contributed by atoms with Crippen LogP contribution in [0.25, 0.3) is 0 Å². The highest BCUT2D eigenvalue weighted by Crippen LogP contribution is 2.42. The second-order valence-electron chi connectivity index (χ2n) is 3.30. The van der Waals surface area contributed by atoms with Gasteiger partial charge < -0.3 is 9.84 Å². The van der Waals surface area contributed by atoms with Crippen molar-refractivity contribution in [1.82, 2.24) is 0 Å². The van der Waals surface area contributed by atoms with Crippen LogP contribution in [-0.4, -0.2) is 11.7 Å². The van der Waals surface area contributed by atoms with Crippen molar-refractivity contribution in [3.8, 4) is 11.5 Å². The Labute approximate surface area is 99.5 Å². The predicted molar refractivity (Wildman–Crippen MR) is 61.9 cm³/mol. The monoisotopic (exact) mass is 320 g/mol. The molecule has 0 aliphatic carbocycles. The zero-order valence-corrected chi connectivity index (χ0v) is 10.7. The van der Waals surface area contributed by atoms with E-state index in [0.29, 0.717) is 4.47 Å². The second-order valence-corrected chi connectivity index (χ2v) is 4.95. The average Bonchev–Trinajstić information content (AvgIpc) is 2.39. The van der Waals surface area contributed by atoms with E-state index < -0.39 is 0 Å². The third-order valence-corrected chi connectivity index (χ3v) is 3.79. The molecule has 2 rings (SSSR count). The van der Waals surface area contributed by atoms with Crippen LogP contribution in [-0.2, 0) is 6.42 Å². The van der Waals surface area contributed by atoms with Gasteiger partial charge in [-0.15, -0.1) is 0 Å². The van der Waals surface area contributed by atoms with Crippen molar-refractivity contribution in [3.05, 3.63) is 20.6 Å². The Balaban J connectivity index is 2.55. The van der Waals surface area contributed by atoms with Crippen LogP contribution in [0.1, 0.15) is 18.4 Å². The molecule has 14 heavy (non-hydrogen) atoms. The van der Waals surface area contributed by atoms with Crippen LogP contribution in [0.5, 0.6) is 11.5 Å². The summed E-state index contributed by atoms with van der Waals surface area (Å²) < 4.78 is 7.02. The number of aromatic hydroxyl groups is 1. The molecule has 0 bridgehead atoms. The molecule has 1 aliphatic rings. The van der Waals surface area contributed by atoms with Crippen LogP contribution in [0.15, 0.2) is 15.0 Å². The van der Waals surface area contributed by atoms with Crippen LogP contribution in [0.2, 0.25) is 0 Å². The summed E-state index contributed by atoms with van der Waals surface area (Å²) in [6, 6.07) is 1.83. The molecule has 1 aliphatic heterocycles. The molecule has 1 N–H and O–H groups in total. The number of fused-ring (bicyclic) bond motifs is 1. The Kier molecular flexibility index (Phi) is 3.02. The highest BCUT2D eigenvalue weighted by Gasteiger charge is 2.17. The predicted octanol–water partition coefficient (Wildman–Crippen LogP) is 3.63. The highest BCUT2D eigenvalue weighted by molar-refractivity contribution is 9.11. The molecule has 0 unspecified atom stereocenters. The standard InChI is InChI=1S/C10H10Br2O2/c11-7-5-8-6(9(12)10(7)13)3-1-2-4-14-8/h5,13H,1-4H2. The zero-order chi connectivity index (χ0) is 10.1. The van der Waals surface area contributed by atoms with Crippen molar-refractivity contribution in [2.75, 3.05) is 6.61 Å². The van der Waals surface area contributed by atoms with Crippen LogP contribution >= 0.6 is 31.9 Å². The Morgan fingerprint density at radius 2 is 2.07 bits per heavy atom. The summed E-state index contributed by atoms with van der Waals surface area (Å²) in [5, 5.41) is 9.70. The first-order valence-corrected chi connectivity index (χ1v) is 6.11. The first kappa shape index (κ1) is 10.3. The number of hydrogen-bond donors (Lipinski definition) is 1. The van der Waals surface area contributed by atoms with E-state index in [9.17, 15) is 5.11 Å². The van der Waals surface area contributed by atoms with Crippen molar-refractivity contribution in [2.24, 2.45) is 0 Å². The van der Waals surface area contributed by atoms with E-state index in [0.717, 1.165) is 41.7 Å². The Hall–Kier alpha value is -0.220. The largest absolute Gasteiger partial charge is 0.506 e. The lowest BCUT2D eigenvalue weighted by Crippen LogP contribution is -1.95. The summed E-state index contributed by atoms with van der Waals surface area (Å²) in [5.74, 6) is 1.13. The molecule has 0 atom stereocenters. The van der Waals surface area contributed by atoms with Crippen molar-refractivity contribution < 1.29 is 9.84 Å². The van der Waals surface area contributed by atoms with Gasteiger partial charge in [0.25, 0.3) is 0 Å². The molecule has 1 heterocycles. The van der Waals surface area contributed by atoms with Gasteiger partial charge in [0, 0.05) is 5.56 Å². The molecular weight excluding hydrogens is 312 g/mol. The fraction of sp³-hybridized carbons (Fsp3) is 0.400. The minimum atomic E-state index is 0.259. The highest BCUT2D eigenvalue weighted by atomic mass is 79.9. The molecule has 1 aromatic rings. The Morgan fingerprint density at radius 3 is 2.86 bits per heavy atom. The van der Waals surface area contributed by atoms with E-state index in [4.69, 9.17) is 4.74 Å². The molecule has 4 heteroatoms. The van der Waals surface area contributed by atoms with Gasteiger partial charge >= 0.3 is 0 Å². The van der Waals surface area contributed by atoms with Crippen molar-refractivity contribution in [2.45, 2.75) is 19.3 Å². The SMILES string of the molecule is Oc1c(Br)cc2c(c1Br)CCCCO2. The van der Waals surface area contributed by atoms with Crippen LogP contribution < -0.4 is 4.74 Å². The minimum Gasteiger partial charge on any atom is -0.506 e. The normalized spacial score (nSPS) is 15.6. The van der Waals surface area contributed by atoms with Crippen molar-refractivity contribution in [3.63, 3.8) is 0 Å². The molecule has 76 valence electrons. The summed E-state index contributed by atoms with van der Waals surface area (Å²) in [4.78, 5) is 0. The fourth-order valence-electron chi connectivity index (χ4n) is 1.57. The molecule has 0 aromatic heterocycles. The lowest BCUT2D eigenvalue weighted by Gasteiger charge is -2.11. The summed E-state index contributed by atoms with van der Waals surface area (Å²) in [6.07, 6.45) is 3.13. The molecule has 1 aromatic carbocycles. The number of hydrogen-bond acceptors (Lipinski definition) is 2. The third kappa shape index (κ3) is 1.77. The van der Waals surface area contributed by atoms with Gasteiger partial charge in [-0.25, -0.2) is 0 Å². The number of phenols is 1. The van der Waals surface area contributed by atoms with Gasteiger partial charge in [-0.1, -0.05) is 0 Å². The number of ether oxygens (including phenoxy) is 1. The number of benzene rings is 1. The van der Waals surface area contributed by atoms with E-state index in [1.807, 2.05) is 6.07 Å². The molecular formula is C10H10Br2O2. The maximum Gasteiger partial charge on any atom is 0.144 e. The Bertz CT molecular complexity index is 364. The van der Waals surface area contributed by atoms with Gasteiger partial charge in [-0.2, -0.15) is 0 Å². The molecule has 0 radical (unpaired) electrons. The third-order valence-electron chi connectivity index (χ3n) is 2.33. The summed E-state index contributed by atoms with van der Waals surface area (Å²) in [5.41, 5.74) is 1.07. The van der Waals surface area contributed by atoms with Gasteiger partial charge in [-0.3, -0.25) is 0 Å². The summed E-state index contributed by atoms with van der Waals surface area (Å²) >= 11 is 6.68. The quantitative estimate of drug-likeness (QED) is 0.790. The number of halogens is 2. The van der Waals surface area contributed by atoms with Crippen molar-refractivity contribution in [1.29, 1.82) is 0 Å². The first-order chi connectivity index (χ1) is 6.70. The van der Waals surface area contributed by atoms with E-state index in [1.165, 1.54) is 0 Å².